The van der Waals surface area contributed by atoms with Gasteiger partial charge in [-0.25, -0.2) is 4.36 Å². The van der Waals surface area contributed by atoms with Gasteiger partial charge in [-0.1, -0.05) is 30.3 Å². The van der Waals surface area contributed by atoms with Crippen LogP contribution >= 0.6 is 21.5 Å². The Morgan fingerprint density at radius 1 is 1.14 bits per heavy atom. The van der Waals surface area contributed by atoms with Crippen molar-refractivity contribution < 1.29 is 0 Å². The Balaban J connectivity index is 2.38. The molecule has 1 unspecified atom stereocenters. The lowest BCUT2D eigenvalue weighted by Crippen LogP contribution is -1.74. The van der Waals surface area contributed by atoms with Gasteiger partial charge >= 0.3 is 0 Å². The molecule has 1 nitrogen and oxygen atoms in total. The van der Waals surface area contributed by atoms with E-state index < -0.39 is 8.94 Å². The monoisotopic (exact) mass is 239 g/mol. The fourth-order valence-corrected chi connectivity index (χ4v) is 4.65. The maximum absolute atomic E-state index is 6.00. The van der Waals surface area contributed by atoms with Crippen LogP contribution in [0.3, 0.4) is 0 Å². The molecule has 0 saturated heterocycles. The van der Waals surface area contributed by atoms with Crippen LogP contribution in [0, 0.1) is 0 Å². The van der Waals surface area contributed by atoms with E-state index in [4.69, 9.17) is 10.7 Å². The topological polar surface area (TPSA) is 12.4 Å². The van der Waals surface area contributed by atoms with Gasteiger partial charge in [-0.15, -0.1) is 0 Å². The van der Waals surface area contributed by atoms with Crippen LogP contribution in [0.1, 0.15) is 0 Å². The molecule has 1 atom stereocenters. The lowest BCUT2D eigenvalue weighted by molar-refractivity contribution is 1.47. The molecule has 2 aromatic rings. The molecule has 3 rings (SSSR count). The standard InChI is InChI=1S/C10H6ClNS2/c11-14-12-9-6-5-7-3-1-2-4-8(7)10(9)13-14/h1-6H. The van der Waals surface area contributed by atoms with E-state index >= 15 is 0 Å². The number of halogens is 1. The van der Waals surface area contributed by atoms with Crippen molar-refractivity contribution in [2.45, 2.75) is 4.90 Å². The van der Waals surface area contributed by atoms with E-state index in [0.29, 0.717) is 0 Å². The molecule has 0 saturated carbocycles. The molecular formula is C10H6ClNS2. The average Bonchev–Trinajstić information content (AvgIpc) is 2.59. The molecule has 0 radical (unpaired) electrons. The minimum atomic E-state index is -0.411. The van der Waals surface area contributed by atoms with Gasteiger partial charge in [0.1, 0.15) is 0 Å². The lowest BCUT2D eigenvalue weighted by atomic mass is 10.1. The zero-order valence-electron chi connectivity index (χ0n) is 7.11. The normalized spacial score (nSPS) is 19.4. The van der Waals surface area contributed by atoms with Crippen LogP contribution in [-0.4, -0.2) is 0 Å². The van der Waals surface area contributed by atoms with E-state index in [1.165, 1.54) is 15.7 Å². The molecule has 0 bridgehead atoms. The van der Waals surface area contributed by atoms with Gasteiger partial charge in [-0.05, 0) is 38.3 Å². The largest absolute Gasteiger partial charge is 0.200 e. The van der Waals surface area contributed by atoms with Crippen molar-refractivity contribution in [3.63, 3.8) is 0 Å². The first-order valence-electron chi connectivity index (χ1n) is 4.17. The molecule has 0 aromatic heterocycles. The fraction of sp³-hybridized carbons (Fsp3) is 0. The van der Waals surface area contributed by atoms with E-state index in [1.807, 2.05) is 18.2 Å². The van der Waals surface area contributed by atoms with Crippen LogP contribution in [0.25, 0.3) is 10.8 Å². The number of benzene rings is 2. The Morgan fingerprint density at radius 2 is 2.00 bits per heavy atom. The maximum Gasteiger partial charge on any atom is 0.0878 e. The molecule has 70 valence electrons. The van der Waals surface area contributed by atoms with Gasteiger partial charge < -0.3 is 0 Å². The summed E-state index contributed by atoms with van der Waals surface area (Å²) in [4.78, 5) is 1.22. The Kier molecular flexibility index (Phi) is 2.04. The van der Waals surface area contributed by atoms with Gasteiger partial charge in [0, 0.05) is 0 Å². The second-order valence-corrected chi connectivity index (χ2v) is 7.06. The number of nitrogens with zero attached hydrogens (tertiary/aromatic N) is 1. The molecule has 0 N–H and O–H groups in total. The maximum atomic E-state index is 6.00. The molecule has 14 heavy (non-hydrogen) atoms. The van der Waals surface area contributed by atoms with Crippen molar-refractivity contribution in [1.82, 2.24) is 0 Å². The second-order valence-electron chi connectivity index (χ2n) is 3.02. The summed E-state index contributed by atoms with van der Waals surface area (Å²) < 4.78 is 4.36. The van der Waals surface area contributed by atoms with Crippen molar-refractivity contribution in [2.75, 3.05) is 0 Å². The molecule has 1 heterocycles. The summed E-state index contributed by atoms with van der Waals surface area (Å²) >= 11 is 0. The van der Waals surface area contributed by atoms with Gasteiger partial charge in [0.2, 0.25) is 0 Å². The van der Waals surface area contributed by atoms with E-state index in [1.54, 1.807) is 10.8 Å². The third kappa shape index (κ3) is 1.28. The van der Waals surface area contributed by atoms with Gasteiger partial charge in [0.05, 0.1) is 19.5 Å². The highest BCUT2D eigenvalue weighted by Gasteiger charge is 2.15. The quantitative estimate of drug-likeness (QED) is 0.619. The summed E-state index contributed by atoms with van der Waals surface area (Å²) in [6, 6.07) is 12.5. The van der Waals surface area contributed by atoms with Crippen LogP contribution in [0.2, 0.25) is 0 Å². The minimum Gasteiger partial charge on any atom is -0.200 e. The fourth-order valence-electron chi connectivity index (χ4n) is 1.56. The van der Waals surface area contributed by atoms with Gasteiger partial charge in [-0.2, -0.15) is 0 Å². The highest BCUT2D eigenvalue weighted by Crippen LogP contribution is 2.46. The number of hydrogen-bond donors (Lipinski definition) is 0. The Labute approximate surface area is 92.5 Å². The van der Waals surface area contributed by atoms with Crippen molar-refractivity contribution in [1.29, 1.82) is 0 Å². The molecule has 1 aliphatic heterocycles. The molecule has 2 aromatic carbocycles. The summed E-state index contributed by atoms with van der Waals surface area (Å²) in [5.41, 5.74) is 1.03. The summed E-state index contributed by atoms with van der Waals surface area (Å²) in [7, 11) is 7.24. The molecule has 0 amide bonds. The van der Waals surface area contributed by atoms with Crippen LogP contribution in [-0.2, 0) is 8.94 Å². The molecule has 0 aliphatic carbocycles. The average molecular weight is 240 g/mol. The van der Waals surface area contributed by atoms with Crippen molar-refractivity contribution in [3.05, 3.63) is 36.4 Å². The molecule has 0 spiro atoms. The van der Waals surface area contributed by atoms with Gasteiger partial charge in [0.25, 0.3) is 0 Å². The highest BCUT2D eigenvalue weighted by atomic mass is 35.7. The molecular weight excluding hydrogens is 234 g/mol. The van der Waals surface area contributed by atoms with Gasteiger partial charge in [0.15, 0.2) is 0 Å². The summed E-state index contributed by atoms with van der Waals surface area (Å²) in [5, 5.41) is 2.51. The Hall–Kier alpha value is -0.510. The van der Waals surface area contributed by atoms with Crippen molar-refractivity contribution >= 4 is 46.9 Å². The predicted molar refractivity (Wildman–Crippen MR) is 65.1 cm³/mol. The predicted octanol–water partition coefficient (Wildman–Crippen LogP) is 4.45. The Morgan fingerprint density at radius 3 is 2.93 bits per heavy atom. The molecule has 1 aliphatic rings. The van der Waals surface area contributed by atoms with Crippen molar-refractivity contribution in [3.8, 4) is 0 Å². The van der Waals surface area contributed by atoms with Gasteiger partial charge in [-0.3, -0.25) is 0 Å². The minimum absolute atomic E-state index is 0.411. The Bertz CT molecular complexity index is 551. The van der Waals surface area contributed by atoms with Crippen molar-refractivity contribution in [2.24, 2.45) is 4.36 Å². The van der Waals surface area contributed by atoms with Crippen LogP contribution < -0.4 is 0 Å². The highest BCUT2D eigenvalue weighted by molar-refractivity contribution is 8.78. The first-order chi connectivity index (χ1) is 6.84. The number of fused-ring (bicyclic) bond motifs is 3. The lowest BCUT2D eigenvalue weighted by Gasteiger charge is -2.01. The number of rotatable bonds is 0. The smallest absolute Gasteiger partial charge is 0.0878 e. The number of hydrogen-bond acceptors (Lipinski definition) is 2. The zero-order chi connectivity index (χ0) is 9.54. The third-order valence-electron chi connectivity index (χ3n) is 2.18. The second kappa shape index (κ2) is 3.26. The van der Waals surface area contributed by atoms with E-state index in [-0.39, 0.29) is 0 Å². The first-order valence-corrected chi connectivity index (χ1v) is 7.51. The molecule has 0 fully saturated rings. The summed E-state index contributed by atoms with van der Waals surface area (Å²) in [6.45, 7) is 0. The summed E-state index contributed by atoms with van der Waals surface area (Å²) in [5.74, 6) is 0. The third-order valence-corrected chi connectivity index (χ3v) is 5.16. The van der Waals surface area contributed by atoms with E-state index in [0.717, 1.165) is 5.69 Å². The first kappa shape index (κ1) is 8.77. The molecule has 4 heteroatoms. The van der Waals surface area contributed by atoms with Crippen LogP contribution in [0.4, 0.5) is 5.69 Å². The zero-order valence-corrected chi connectivity index (χ0v) is 9.49. The van der Waals surface area contributed by atoms with E-state index in [9.17, 15) is 0 Å². The van der Waals surface area contributed by atoms with Crippen LogP contribution in [0.5, 0.6) is 0 Å². The summed E-state index contributed by atoms with van der Waals surface area (Å²) in [6.07, 6.45) is 0. The van der Waals surface area contributed by atoms with Crippen LogP contribution in [0.15, 0.2) is 45.7 Å². The van der Waals surface area contributed by atoms with E-state index in [2.05, 4.69) is 22.6 Å². The SMILES string of the molecule is ClS1=Nc2ccc3ccccc3c2S1.